The first kappa shape index (κ1) is 16.3. The predicted octanol–water partition coefficient (Wildman–Crippen LogP) is -2.13. The summed E-state index contributed by atoms with van der Waals surface area (Å²) in [6, 6.07) is 0. The lowest BCUT2D eigenvalue weighted by molar-refractivity contribution is -0.146. The maximum atomic E-state index is 12.6. The van der Waals surface area contributed by atoms with Gasteiger partial charge in [-0.1, -0.05) is 12.2 Å². The van der Waals surface area contributed by atoms with Crippen molar-refractivity contribution in [2.24, 2.45) is 22.6 Å². The Kier molecular flexibility index (Phi) is 5.40. The zero-order valence-corrected chi connectivity index (χ0v) is 11.8. The van der Waals surface area contributed by atoms with Crippen LogP contribution in [0.5, 0.6) is 0 Å². The Morgan fingerprint density at radius 2 is 1.50 bits per heavy atom. The largest absolute Gasteiger partial charge is 0.392 e. The lowest BCUT2D eigenvalue weighted by atomic mass is 9.78. The van der Waals surface area contributed by atoms with Crippen LogP contribution in [-0.4, -0.2) is 53.9 Å². The summed E-state index contributed by atoms with van der Waals surface area (Å²) in [5, 5.41) is 0. The summed E-state index contributed by atoms with van der Waals surface area (Å²) in [4.78, 5) is 35.7. The SMILES string of the molecule is NC(=O)CN(CC(N)=O)C(=O)C1(C(N)=S)CCOCC1. The fraction of sp³-hybridized carbons (Fsp3) is 0.636. The minimum Gasteiger partial charge on any atom is -0.392 e. The fourth-order valence-corrected chi connectivity index (χ4v) is 2.46. The second kappa shape index (κ2) is 6.62. The van der Waals surface area contributed by atoms with E-state index in [1.54, 1.807) is 0 Å². The van der Waals surface area contributed by atoms with E-state index in [-0.39, 0.29) is 4.99 Å². The molecule has 1 rings (SSSR count). The van der Waals surface area contributed by atoms with E-state index in [9.17, 15) is 14.4 Å². The van der Waals surface area contributed by atoms with Gasteiger partial charge < -0.3 is 26.8 Å². The third-order valence-electron chi connectivity index (χ3n) is 3.21. The molecule has 0 radical (unpaired) electrons. The number of nitrogens with zero attached hydrogens (tertiary/aromatic N) is 1. The Hall–Kier alpha value is -1.74. The van der Waals surface area contributed by atoms with E-state index >= 15 is 0 Å². The molecule has 0 spiro atoms. The van der Waals surface area contributed by atoms with Crippen LogP contribution in [0.4, 0.5) is 0 Å². The van der Waals surface area contributed by atoms with Crippen molar-refractivity contribution in [2.45, 2.75) is 12.8 Å². The number of hydrogen-bond donors (Lipinski definition) is 3. The summed E-state index contributed by atoms with van der Waals surface area (Å²) in [5.74, 6) is -2.00. The molecule has 0 aromatic carbocycles. The molecule has 0 aromatic heterocycles. The van der Waals surface area contributed by atoms with Crippen LogP contribution in [0.1, 0.15) is 12.8 Å². The molecule has 1 aliphatic heterocycles. The average Bonchev–Trinajstić information content (AvgIpc) is 2.36. The standard InChI is InChI=1S/C11H18N4O4S/c12-7(16)5-15(6-8(13)17)10(18)11(9(14)20)1-3-19-4-2-11/h1-6H2,(H2,12,16)(H2,13,17)(H2,14,20). The van der Waals surface area contributed by atoms with Gasteiger partial charge in [0, 0.05) is 13.2 Å². The second-order valence-corrected chi connectivity index (χ2v) is 5.09. The van der Waals surface area contributed by atoms with Crippen LogP contribution >= 0.6 is 12.2 Å². The first-order chi connectivity index (χ1) is 9.29. The van der Waals surface area contributed by atoms with Crippen molar-refractivity contribution in [2.75, 3.05) is 26.3 Å². The van der Waals surface area contributed by atoms with Gasteiger partial charge in [0.1, 0.15) is 5.41 Å². The smallest absolute Gasteiger partial charge is 0.237 e. The van der Waals surface area contributed by atoms with Crippen LogP contribution in [0.25, 0.3) is 0 Å². The highest BCUT2D eigenvalue weighted by molar-refractivity contribution is 7.80. The first-order valence-corrected chi connectivity index (χ1v) is 6.44. The van der Waals surface area contributed by atoms with Crippen LogP contribution in [0, 0.1) is 5.41 Å². The van der Waals surface area contributed by atoms with Gasteiger partial charge in [-0.05, 0) is 12.8 Å². The number of amides is 3. The quantitative estimate of drug-likeness (QED) is 0.478. The number of carbonyl (C=O) groups is 3. The maximum Gasteiger partial charge on any atom is 0.237 e. The van der Waals surface area contributed by atoms with E-state index in [1.165, 1.54) is 0 Å². The molecular formula is C11H18N4O4S. The highest BCUT2D eigenvalue weighted by Gasteiger charge is 2.45. The van der Waals surface area contributed by atoms with Crippen molar-refractivity contribution in [1.82, 2.24) is 4.90 Å². The molecule has 6 N–H and O–H groups in total. The van der Waals surface area contributed by atoms with Crippen LogP contribution in [0.15, 0.2) is 0 Å². The highest BCUT2D eigenvalue weighted by atomic mass is 32.1. The van der Waals surface area contributed by atoms with Gasteiger partial charge in [0.05, 0.1) is 18.1 Å². The summed E-state index contributed by atoms with van der Waals surface area (Å²) in [7, 11) is 0. The number of carbonyl (C=O) groups excluding carboxylic acids is 3. The van der Waals surface area contributed by atoms with Crippen molar-refractivity contribution in [3.8, 4) is 0 Å². The minimum absolute atomic E-state index is 0.0183. The highest BCUT2D eigenvalue weighted by Crippen LogP contribution is 2.33. The number of hydrogen-bond acceptors (Lipinski definition) is 5. The van der Waals surface area contributed by atoms with E-state index < -0.39 is 36.2 Å². The van der Waals surface area contributed by atoms with Gasteiger partial charge in [0.2, 0.25) is 17.7 Å². The van der Waals surface area contributed by atoms with Crippen LogP contribution < -0.4 is 17.2 Å². The third-order valence-corrected chi connectivity index (χ3v) is 3.60. The molecule has 8 nitrogen and oxygen atoms in total. The molecule has 20 heavy (non-hydrogen) atoms. The molecule has 0 bridgehead atoms. The summed E-state index contributed by atoms with van der Waals surface area (Å²) in [5.41, 5.74) is 14.7. The Bertz CT molecular complexity index is 418. The van der Waals surface area contributed by atoms with E-state index in [0.717, 1.165) is 4.90 Å². The van der Waals surface area contributed by atoms with Gasteiger partial charge in [-0.2, -0.15) is 0 Å². The van der Waals surface area contributed by atoms with Crippen molar-refractivity contribution >= 4 is 34.9 Å². The van der Waals surface area contributed by atoms with Crippen molar-refractivity contribution in [3.05, 3.63) is 0 Å². The monoisotopic (exact) mass is 302 g/mol. The van der Waals surface area contributed by atoms with Crippen LogP contribution in [0.2, 0.25) is 0 Å². The maximum absolute atomic E-state index is 12.6. The van der Waals surface area contributed by atoms with Gasteiger partial charge in [-0.15, -0.1) is 0 Å². The molecule has 0 unspecified atom stereocenters. The van der Waals surface area contributed by atoms with E-state index in [4.69, 9.17) is 34.2 Å². The predicted molar refractivity (Wildman–Crippen MR) is 74.2 cm³/mol. The summed E-state index contributed by atoms with van der Waals surface area (Å²) < 4.78 is 5.20. The minimum atomic E-state index is -1.11. The molecule has 0 saturated carbocycles. The molecule has 1 fully saturated rings. The number of nitrogens with two attached hydrogens (primary N) is 3. The fourth-order valence-electron chi connectivity index (χ4n) is 2.16. The number of thiocarbonyl (C=S) groups is 1. The molecule has 9 heteroatoms. The zero-order valence-electron chi connectivity index (χ0n) is 11.0. The molecule has 112 valence electrons. The second-order valence-electron chi connectivity index (χ2n) is 4.65. The topological polar surface area (TPSA) is 142 Å². The van der Waals surface area contributed by atoms with Crippen LogP contribution in [-0.2, 0) is 19.1 Å². The zero-order chi connectivity index (χ0) is 15.3. The Morgan fingerprint density at radius 1 is 1.05 bits per heavy atom. The summed E-state index contributed by atoms with van der Waals surface area (Å²) in [6.45, 7) is -0.173. The Morgan fingerprint density at radius 3 is 1.85 bits per heavy atom. The number of ether oxygens (including phenoxy) is 1. The Balaban J connectivity index is 3.02. The van der Waals surface area contributed by atoms with Crippen molar-refractivity contribution < 1.29 is 19.1 Å². The molecule has 1 heterocycles. The lowest BCUT2D eigenvalue weighted by Gasteiger charge is -2.38. The van der Waals surface area contributed by atoms with Crippen molar-refractivity contribution in [3.63, 3.8) is 0 Å². The van der Waals surface area contributed by atoms with Crippen LogP contribution in [0.3, 0.4) is 0 Å². The van der Waals surface area contributed by atoms with E-state index in [0.29, 0.717) is 26.1 Å². The number of primary amides is 2. The van der Waals surface area contributed by atoms with Gasteiger partial charge in [0.15, 0.2) is 0 Å². The summed E-state index contributed by atoms with van der Waals surface area (Å²) >= 11 is 4.99. The van der Waals surface area contributed by atoms with Gasteiger partial charge in [0.25, 0.3) is 0 Å². The van der Waals surface area contributed by atoms with Crippen molar-refractivity contribution in [1.29, 1.82) is 0 Å². The average molecular weight is 302 g/mol. The van der Waals surface area contributed by atoms with Gasteiger partial charge in [-0.3, -0.25) is 14.4 Å². The molecule has 0 aromatic rings. The molecule has 1 aliphatic rings. The first-order valence-electron chi connectivity index (χ1n) is 6.03. The molecule has 3 amide bonds. The van der Waals surface area contributed by atoms with E-state index in [1.807, 2.05) is 0 Å². The Labute approximate surface area is 121 Å². The normalized spacial score (nSPS) is 17.2. The van der Waals surface area contributed by atoms with Gasteiger partial charge in [-0.25, -0.2) is 0 Å². The lowest BCUT2D eigenvalue weighted by Crippen LogP contribution is -2.56. The summed E-state index contributed by atoms with van der Waals surface area (Å²) in [6.07, 6.45) is 0.602. The van der Waals surface area contributed by atoms with E-state index in [2.05, 4.69) is 0 Å². The molecular weight excluding hydrogens is 284 g/mol. The third kappa shape index (κ3) is 3.64. The van der Waals surface area contributed by atoms with Gasteiger partial charge >= 0.3 is 0 Å². The molecule has 1 saturated heterocycles. The molecule has 0 atom stereocenters. The number of rotatable bonds is 6. The molecule has 0 aliphatic carbocycles.